The van der Waals surface area contributed by atoms with Crippen LogP contribution in [0.2, 0.25) is 0 Å². The minimum atomic E-state index is -0.389. The number of rotatable bonds is 8. The molecule has 0 aromatic heterocycles. The lowest BCUT2D eigenvalue weighted by atomic mass is 9.99. The van der Waals surface area contributed by atoms with Gasteiger partial charge in [0, 0.05) is 17.8 Å². The van der Waals surface area contributed by atoms with Crippen molar-refractivity contribution in [3.05, 3.63) is 148 Å². The highest BCUT2D eigenvalue weighted by molar-refractivity contribution is 5.99. The van der Waals surface area contributed by atoms with E-state index >= 15 is 0 Å². The third-order valence-electron chi connectivity index (χ3n) is 5.60. The molecule has 0 amide bonds. The highest BCUT2D eigenvalue weighted by Gasteiger charge is 2.10. The lowest BCUT2D eigenvalue weighted by Crippen LogP contribution is -1.92. The molecule has 4 aromatic rings. The summed E-state index contributed by atoms with van der Waals surface area (Å²) in [6, 6.07) is 34.5. The molecule has 5 heteroatoms. The molecule has 4 aromatic carbocycles. The zero-order valence-electron chi connectivity index (χ0n) is 19.9. The Labute approximate surface area is 210 Å². The fraction of sp³-hybridized carbons (Fsp3) is 0.0645. The minimum absolute atomic E-state index is 0.0642. The highest BCUT2D eigenvalue weighted by Crippen LogP contribution is 2.28. The fourth-order valence-corrected chi connectivity index (χ4v) is 3.76. The van der Waals surface area contributed by atoms with Crippen LogP contribution >= 0.6 is 0 Å². The fourth-order valence-electron chi connectivity index (χ4n) is 3.76. The van der Waals surface area contributed by atoms with Crippen LogP contribution in [-0.4, -0.2) is 17.0 Å². The molecule has 0 N–H and O–H groups in total. The Hall–Kier alpha value is -4.86. The van der Waals surface area contributed by atoms with Crippen molar-refractivity contribution in [2.24, 2.45) is 9.98 Å². The van der Waals surface area contributed by atoms with E-state index in [9.17, 15) is 10.1 Å². The van der Waals surface area contributed by atoms with Gasteiger partial charge in [-0.1, -0.05) is 91.0 Å². The van der Waals surface area contributed by atoms with Crippen LogP contribution in [-0.2, 0) is 0 Å². The normalized spacial score (nSPS) is 11.8. The standard InChI is InChI=1S/C31H25N3O2/c1-24(32-22-12-18-27-17-8-11-21-31(27)34(35)36)28-19-9-10-20-30(28)33-23-29(25-13-4-2-5-14-25)26-15-6-3-7-16-26/h2-22,24H,1H3/b18-12+,32-22?/t24-/m0/s1. The summed E-state index contributed by atoms with van der Waals surface area (Å²) >= 11 is 0. The summed E-state index contributed by atoms with van der Waals surface area (Å²) in [5.41, 5.74) is 5.33. The van der Waals surface area contributed by atoms with E-state index in [1.54, 1.807) is 36.6 Å². The van der Waals surface area contributed by atoms with Gasteiger partial charge in [-0.3, -0.25) is 15.1 Å². The quantitative estimate of drug-likeness (QED) is 0.149. The van der Waals surface area contributed by atoms with Gasteiger partial charge in [-0.05, 0) is 48.2 Å². The van der Waals surface area contributed by atoms with Crippen LogP contribution in [0.25, 0.3) is 11.6 Å². The van der Waals surface area contributed by atoms with E-state index in [1.807, 2.05) is 91.9 Å². The van der Waals surface area contributed by atoms with Crippen LogP contribution < -0.4 is 0 Å². The van der Waals surface area contributed by atoms with Crippen molar-refractivity contribution >= 4 is 35.1 Å². The number of nitrogens with zero attached hydrogens (tertiary/aromatic N) is 3. The minimum Gasteiger partial charge on any atom is -0.285 e. The van der Waals surface area contributed by atoms with Crippen LogP contribution in [0.15, 0.2) is 125 Å². The van der Waals surface area contributed by atoms with E-state index in [-0.39, 0.29) is 16.7 Å². The lowest BCUT2D eigenvalue weighted by molar-refractivity contribution is -0.385. The zero-order valence-corrected chi connectivity index (χ0v) is 19.9. The molecule has 4 rings (SSSR count). The number of hydrogen-bond donors (Lipinski definition) is 0. The number of allylic oxidation sites excluding steroid dienone is 1. The third-order valence-corrected chi connectivity index (χ3v) is 5.60. The van der Waals surface area contributed by atoms with Crippen molar-refractivity contribution in [1.82, 2.24) is 0 Å². The van der Waals surface area contributed by atoms with Crippen molar-refractivity contribution in [2.75, 3.05) is 0 Å². The molecule has 36 heavy (non-hydrogen) atoms. The van der Waals surface area contributed by atoms with Gasteiger partial charge in [0.2, 0.25) is 0 Å². The Morgan fingerprint density at radius 2 is 1.42 bits per heavy atom. The van der Waals surface area contributed by atoms with Gasteiger partial charge in [0.25, 0.3) is 5.69 Å². The summed E-state index contributed by atoms with van der Waals surface area (Å²) in [6.07, 6.45) is 5.07. The summed E-state index contributed by atoms with van der Waals surface area (Å²) in [4.78, 5) is 20.2. The number of aliphatic imine (C=N–C) groups is 2. The molecular weight excluding hydrogens is 446 g/mol. The van der Waals surface area contributed by atoms with E-state index in [0.29, 0.717) is 5.56 Å². The van der Waals surface area contributed by atoms with Crippen molar-refractivity contribution in [3.8, 4) is 0 Å². The van der Waals surface area contributed by atoms with Crippen LogP contribution in [0.3, 0.4) is 0 Å². The maximum atomic E-state index is 11.2. The Kier molecular flexibility index (Phi) is 8.10. The number of hydrogen-bond acceptors (Lipinski definition) is 4. The first-order chi connectivity index (χ1) is 17.6. The Bertz CT molecular complexity index is 1410. The first-order valence-electron chi connectivity index (χ1n) is 11.6. The molecule has 0 aliphatic carbocycles. The van der Waals surface area contributed by atoms with Crippen molar-refractivity contribution < 1.29 is 4.92 Å². The number of nitro groups is 1. The highest BCUT2D eigenvalue weighted by atomic mass is 16.6. The third kappa shape index (κ3) is 6.17. The van der Waals surface area contributed by atoms with Gasteiger partial charge in [0.05, 0.1) is 27.8 Å². The predicted octanol–water partition coefficient (Wildman–Crippen LogP) is 7.87. The summed E-state index contributed by atoms with van der Waals surface area (Å²) in [7, 11) is 0. The van der Waals surface area contributed by atoms with Crippen LogP contribution in [0, 0.1) is 10.1 Å². The van der Waals surface area contributed by atoms with E-state index in [1.165, 1.54) is 6.07 Å². The van der Waals surface area contributed by atoms with Gasteiger partial charge in [-0.25, -0.2) is 4.99 Å². The zero-order chi connectivity index (χ0) is 25.2. The molecule has 0 bridgehead atoms. The van der Waals surface area contributed by atoms with E-state index in [0.717, 1.165) is 28.0 Å². The Morgan fingerprint density at radius 1 is 0.833 bits per heavy atom. The van der Waals surface area contributed by atoms with Crippen LogP contribution in [0.1, 0.15) is 35.2 Å². The second kappa shape index (κ2) is 12.0. The summed E-state index contributed by atoms with van der Waals surface area (Å²) in [5, 5.41) is 11.2. The molecule has 0 spiro atoms. The summed E-state index contributed by atoms with van der Waals surface area (Å²) in [5.74, 6) is 3.28. The maximum Gasteiger partial charge on any atom is 0.276 e. The van der Waals surface area contributed by atoms with Crippen molar-refractivity contribution in [2.45, 2.75) is 13.0 Å². The SMILES string of the molecule is C[C@H](N=C/C=C/c1ccccc1[N+](=O)[O-])c1ccccc1N=C=C(c1ccccc1)c1ccccc1. The molecule has 5 nitrogen and oxygen atoms in total. The van der Waals surface area contributed by atoms with E-state index in [2.05, 4.69) is 10.9 Å². The van der Waals surface area contributed by atoms with Crippen molar-refractivity contribution in [1.29, 1.82) is 0 Å². The first-order valence-corrected chi connectivity index (χ1v) is 11.6. The number of benzene rings is 4. The molecule has 0 radical (unpaired) electrons. The average molecular weight is 472 g/mol. The molecule has 0 unspecified atom stereocenters. The van der Waals surface area contributed by atoms with Gasteiger partial charge in [-0.2, -0.15) is 0 Å². The van der Waals surface area contributed by atoms with Crippen LogP contribution in [0.4, 0.5) is 11.4 Å². The van der Waals surface area contributed by atoms with Gasteiger partial charge < -0.3 is 0 Å². The molecule has 0 saturated carbocycles. The molecule has 0 aliphatic rings. The Morgan fingerprint density at radius 3 is 2.08 bits per heavy atom. The average Bonchev–Trinajstić information content (AvgIpc) is 2.92. The molecule has 176 valence electrons. The maximum absolute atomic E-state index is 11.2. The predicted molar refractivity (Wildman–Crippen MR) is 148 cm³/mol. The van der Waals surface area contributed by atoms with E-state index in [4.69, 9.17) is 4.99 Å². The first kappa shape index (κ1) is 24.3. The Balaban J connectivity index is 1.62. The van der Waals surface area contributed by atoms with E-state index < -0.39 is 0 Å². The topological polar surface area (TPSA) is 67.9 Å². The molecular formula is C31H25N3O2. The van der Waals surface area contributed by atoms with Gasteiger partial charge >= 0.3 is 0 Å². The number of nitro benzene ring substituents is 1. The van der Waals surface area contributed by atoms with Gasteiger partial charge in [-0.15, -0.1) is 0 Å². The monoisotopic (exact) mass is 471 g/mol. The largest absolute Gasteiger partial charge is 0.285 e. The molecule has 0 aliphatic heterocycles. The molecule has 0 heterocycles. The van der Waals surface area contributed by atoms with Gasteiger partial charge in [0.15, 0.2) is 0 Å². The molecule has 0 saturated heterocycles. The molecule has 0 fully saturated rings. The van der Waals surface area contributed by atoms with Crippen molar-refractivity contribution in [3.63, 3.8) is 0 Å². The second-order valence-corrected chi connectivity index (χ2v) is 8.04. The smallest absolute Gasteiger partial charge is 0.276 e. The molecule has 1 atom stereocenters. The number of para-hydroxylation sites is 2. The van der Waals surface area contributed by atoms with Gasteiger partial charge in [0.1, 0.15) is 0 Å². The summed E-state index contributed by atoms with van der Waals surface area (Å²) < 4.78 is 0. The summed E-state index contributed by atoms with van der Waals surface area (Å²) in [6.45, 7) is 1.99. The lowest BCUT2D eigenvalue weighted by Gasteiger charge is -2.09. The van der Waals surface area contributed by atoms with Crippen LogP contribution in [0.5, 0.6) is 0 Å². The second-order valence-electron chi connectivity index (χ2n) is 8.04.